The van der Waals surface area contributed by atoms with Gasteiger partial charge in [-0.25, -0.2) is 0 Å². The van der Waals surface area contributed by atoms with Crippen LogP contribution in [0.15, 0.2) is 48.7 Å². The summed E-state index contributed by atoms with van der Waals surface area (Å²) >= 11 is 0. The molecule has 1 amide bonds. The summed E-state index contributed by atoms with van der Waals surface area (Å²) in [4.78, 5) is 16.1. The highest BCUT2D eigenvalue weighted by molar-refractivity contribution is 6.00. The molecule has 1 fully saturated rings. The number of ether oxygens (including phenoxy) is 3. The number of nitrogens with one attached hydrogen (secondary N) is 1. The number of hydrogen-bond acceptors (Lipinski definition) is 6. The molecular formula is C28H32N4O4. The third kappa shape index (κ3) is 4.30. The van der Waals surface area contributed by atoms with Gasteiger partial charge in [0.15, 0.2) is 11.5 Å². The maximum Gasteiger partial charge on any atom is 0.255 e. The van der Waals surface area contributed by atoms with Crippen LogP contribution >= 0.6 is 0 Å². The number of benzene rings is 2. The molecule has 3 aliphatic heterocycles. The number of carbonyl (C=O) groups excluding carboxylic acids is 1. The zero-order valence-corrected chi connectivity index (χ0v) is 20.8. The first-order valence-electron chi connectivity index (χ1n) is 12.7. The second-order valence-corrected chi connectivity index (χ2v) is 10.1. The standard InChI is InChI=1S/C28H32N4O4/c1-31-12-10-28(11-13-31)17-22(20-6-3-4-7-23(20)36-28)29-27(33)21-18-32(2)30-26(21)19-8-9-24-25(16-19)35-15-5-14-34-24/h3-4,6-9,16,18,22H,5,10-15,17H2,1-2H3,(H,29,33)/t22-/m1/s1. The molecule has 1 atom stereocenters. The minimum absolute atomic E-state index is 0.136. The minimum atomic E-state index is -0.259. The molecule has 3 aromatic rings. The molecule has 0 saturated carbocycles. The Hall–Kier alpha value is -3.52. The molecule has 6 rings (SSSR count). The van der Waals surface area contributed by atoms with Crippen LogP contribution in [-0.4, -0.2) is 59.5 Å². The Morgan fingerprint density at radius 3 is 2.64 bits per heavy atom. The molecule has 1 aromatic heterocycles. The number of aryl methyl sites for hydroxylation is 1. The predicted molar refractivity (Wildman–Crippen MR) is 136 cm³/mol. The van der Waals surface area contributed by atoms with Crippen LogP contribution in [0.3, 0.4) is 0 Å². The highest BCUT2D eigenvalue weighted by Crippen LogP contribution is 2.44. The highest BCUT2D eigenvalue weighted by Gasteiger charge is 2.43. The van der Waals surface area contributed by atoms with Crippen LogP contribution in [0, 0.1) is 0 Å². The van der Waals surface area contributed by atoms with Crippen molar-refractivity contribution >= 4 is 5.91 Å². The number of aromatic nitrogens is 2. The summed E-state index contributed by atoms with van der Waals surface area (Å²) < 4.78 is 19.9. The maximum atomic E-state index is 13.7. The van der Waals surface area contributed by atoms with E-state index in [4.69, 9.17) is 14.2 Å². The van der Waals surface area contributed by atoms with E-state index >= 15 is 0 Å². The molecule has 8 heteroatoms. The summed E-state index contributed by atoms with van der Waals surface area (Å²) in [5, 5.41) is 7.96. The van der Waals surface area contributed by atoms with E-state index < -0.39 is 0 Å². The van der Waals surface area contributed by atoms with Crippen LogP contribution in [0.5, 0.6) is 17.2 Å². The van der Waals surface area contributed by atoms with E-state index in [1.165, 1.54) is 0 Å². The van der Waals surface area contributed by atoms with Crippen LogP contribution in [0.2, 0.25) is 0 Å². The number of rotatable bonds is 3. The Kier molecular flexibility index (Phi) is 5.84. The number of carbonyl (C=O) groups is 1. The number of amides is 1. The molecular weight excluding hydrogens is 456 g/mol. The Bertz CT molecular complexity index is 1280. The Labute approximate surface area is 211 Å². The van der Waals surface area contributed by atoms with Gasteiger partial charge in [0.05, 0.1) is 24.8 Å². The zero-order valence-electron chi connectivity index (χ0n) is 20.8. The van der Waals surface area contributed by atoms with Gasteiger partial charge in [-0.15, -0.1) is 0 Å². The van der Waals surface area contributed by atoms with Crippen molar-refractivity contribution in [2.75, 3.05) is 33.4 Å². The van der Waals surface area contributed by atoms with Crippen molar-refractivity contribution < 1.29 is 19.0 Å². The molecule has 188 valence electrons. The SMILES string of the molecule is CN1CCC2(CC1)C[C@@H](NC(=O)c1cn(C)nc1-c1ccc3c(c1)OCCCO3)c1ccccc1O2. The minimum Gasteiger partial charge on any atom is -0.490 e. The van der Waals surface area contributed by atoms with Gasteiger partial charge in [0.2, 0.25) is 0 Å². The van der Waals surface area contributed by atoms with E-state index in [0.717, 1.165) is 61.4 Å². The number of likely N-dealkylation sites (tertiary alicyclic amines) is 1. The lowest BCUT2D eigenvalue weighted by molar-refractivity contribution is -0.0195. The van der Waals surface area contributed by atoms with Gasteiger partial charge in [0.1, 0.15) is 17.0 Å². The van der Waals surface area contributed by atoms with Gasteiger partial charge >= 0.3 is 0 Å². The topological polar surface area (TPSA) is 77.9 Å². The van der Waals surface area contributed by atoms with Gasteiger partial charge in [-0.05, 0) is 44.2 Å². The molecule has 0 radical (unpaired) electrons. The third-order valence-electron chi connectivity index (χ3n) is 7.49. The molecule has 0 unspecified atom stereocenters. The average molecular weight is 489 g/mol. The quantitative estimate of drug-likeness (QED) is 0.601. The largest absolute Gasteiger partial charge is 0.490 e. The fraction of sp³-hybridized carbons (Fsp3) is 0.429. The van der Waals surface area contributed by atoms with Crippen molar-refractivity contribution in [1.29, 1.82) is 0 Å². The number of para-hydroxylation sites is 1. The second kappa shape index (κ2) is 9.17. The first kappa shape index (κ1) is 22.9. The van der Waals surface area contributed by atoms with E-state index in [0.29, 0.717) is 30.2 Å². The number of hydrogen-bond donors (Lipinski definition) is 1. The molecule has 3 aliphatic rings. The van der Waals surface area contributed by atoms with Crippen LogP contribution < -0.4 is 19.5 Å². The number of piperidine rings is 1. The normalized spacial score (nSPS) is 20.8. The Morgan fingerprint density at radius 2 is 1.81 bits per heavy atom. The smallest absolute Gasteiger partial charge is 0.255 e. The van der Waals surface area contributed by atoms with Gasteiger partial charge in [0, 0.05) is 50.3 Å². The Balaban J connectivity index is 1.30. The van der Waals surface area contributed by atoms with Crippen molar-refractivity contribution in [3.63, 3.8) is 0 Å². The molecule has 36 heavy (non-hydrogen) atoms. The van der Waals surface area contributed by atoms with E-state index in [9.17, 15) is 4.79 Å². The lowest BCUT2D eigenvalue weighted by Crippen LogP contribution is -2.51. The molecule has 2 aromatic carbocycles. The monoisotopic (exact) mass is 488 g/mol. The summed E-state index contributed by atoms with van der Waals surface area (Å²) in [5.41, 5.74) is 2.75. The summed E-state index contributed by atoms with van der Waals surface area (Å²) in [6.07, 6.45) is 5.26. The van der Waals surface area contributed by atoms with E-state index in [1.807, 2.05) is 43.4 Å². The van der Waals surface area contributed by atoms with Crippen molar-refractivity contribution in [2.45, 2.75) is 37.3 Å². The lowest BCUT2D eigenvalue weighted by Gasteiger charge is -2.46. The van der Waals surface area contributed by atoms with Gasteiger partial charge in [-0.3, -0.25) is 9.48 Å². The molecule has 1 spiro atoms. The Morgan fingerprint density at radius 1 is 1.03 bits per heavy atom. The molecule has 8 nitrogen and oxygen atoms in total. The van der Waals surface area contributed by atoms with E-state index in [-0.39, 0.29) is 17.6 Å². The fourth-order valence-electron chi connectivity index (χ4n) is 5.49. The lowest BCUT2D eigenvalue weighted by atomic mass is 9.80. The van der Waals surface area contributed by atoms with Gasteiger partial charge in [-0.2, -0.15) is 5.10 Å². The third-order valence-corrected chi connectivity index (χ3v) is 7.49. The molecule has 0 bridgehead atoms. The average Bonchev–Trinajstić information content (AvgIpc) is 3.12. The van der Waals surface area contributed by atoms with Crippen LogP contribution in [-0.2, 0) is 7.05 Å². The van der Waals surface area contributed by atoms with Crippen molar-refractivity contribution in [3.8, 4) is 28.5 Å². The van der Waals surface area contributed by atoms with Crippen molar-refractivity contribution in [3.05, 3.63) is 59.8 Å². The number of nitrogens with zero attached hydrogens (tertiary/aromatic N) is 3. The molecule has 1 saturated heterocycles. The predicted octanol–water partition coefficient (Wildman–Crippen LogP) is 3.97. The van der Waals surface area contributed by atoms with Crippen molar-refractivity contribution in [2.24, 2.45) is 7.05 Å². The first-order valence-corrected chi connectivity index (χ1v) is 12.7. The molecule has 4 heterocycles. The van der Waals surface area contributed by atoms with Gasteiger partial charge < -0.3 is 24.4 Å². The van der Waals surface area contributed by atoms with E-state index in [2.05, 4.69) is 28.4 Å². The number of fused-ring (bicyclic) bond motifs is 2. The molecule has 1 N–H and O–H groups in total. The van der Waals surface area contributed by atoms with Crippen molar-refractivity contribution in [1.82, 2.24) is 20.0 Å². The zero-order chi connectivity index (χ0) is 24.7. The summed E-state index contributed by atoms with van der Waals surface area (Å²) in [5.74, 6) is 2.13. The maximum absolute atomic E-state index is 13.7. The second-order valence-electron chi connectivity index (χ2n) is 10.1. The first-order chi connectivity index (χ1) is 17.5. The van der Waals surface area contributed by atoms with Gasteiger partial charge in [-0.1, -0.05) is 18.2 Å². The van der Waals surface area contributed by atoms with Crippen LogP contribution in [0.25, 0.3) is 11.3 Å². The summed E-state index contributed by atoms with van der Waals surface area (Å²) in [6, 6.07) is 13.7. The fourth-order valence-corrected chi connectivity index (χ4v) is 5.49. The van der Waals surface area contributed by atoms with Crippen LogP contribution in [0.1, 0.15) is 47.6 Å². The summed E-state index contributed by atoms with van der Waals surface area (Å²) in [7, 11) is 3.98. The summed E-state index contributed by atoms with van der Waals surface area (Å²) in [6.45, 7) is 3.21. The van der Waals surface area contributed by atoms with Gasteiger partial charge in [0.25, 0.3) is 5.91 Å². The van der Waals surface area contributed by atoms with Crippen LogP contribution in [0.4, 0.5) is 0 Å². The molecule has 0 aliphatic carbocycles. The highest BCUT2D eigenvalue weighted by atomic mass is 16.5. The van der Waals surface area contributed by atoms with E-state index in [1.54, 1.807) is 10.9 Å².